The van der Waals surface area contributed by atoms with E-state index in [2.05, 4.69) is 231 Å². The average molecular weight is 1280 g/mol. The first-order valence-corrected chi connectivity index (χ1v) is 35.1. The first-order valence-electron chi connectivity index (χ1n) is 35.1. The van der Waals surface area contributed by atoms with Crippen molar-refractivity contribution in [2.24, 2.45) is 57.3 Å². The molecule has 10 heterocycles. The first kappa shape index (κ1) is 71.4. The Kier molecular flexibility index (Phi) is 25.4. The number of hydrogen-bond acceptors (Lipinski definition) is 12. The van der Waals surface area contributed by atoms with Crippen molar-refractivity contribution < 1.29 is 0 Å². The minimum atomic E-state index is 0.541. The van der Waals surface area contributed by atoms with Crippen LogP contribution in [0, 0.1) is 47.3 Å². The van der Waals surface area contributed by atoms with Crippen LogP contribution >= 0.6 is 0 Å². The van der Waals surface area contributed by atoms with Gasteiger partial charge in [0.15, 0.2) is 5.82 Å². The molecule has 8 aromatic heterocycles. The molecular weight excluding hydrogens is 1180 g/mol. The highest BCUT2D eigenvalue weighted by molar-refractivity contribution is 5.95. The number of pyridine rings is 6. The number of allylic oxidation sites excluding steroid dienone is 7. The Bertz CT molecular complexity index is 3680. The van der Waals surface area contributed by atoms with Gasteiger partial charge in [0.1, 0.15) is 12.7 Å². The maximum atomic E-state index is 4.51. The lowest BCUT2D eigenvalue weighted by molar-refractivity contribution is 0.495. The minimum Gasteiger partial charge on any atom is -0.260 e. The van der Waals surface area contributed by atoms with E-state index in [4.69, 9.17) is 0 Å². The van der Waals surface area contributed by atoms with Crippen LogP contribution in [0.4, 0.5) is 11.5 Å². The Morgan fingerprint density at radius 3 is 1.27 bits per heavy atom. The van der Waals surface area contributed by atoms with E-state index < -0.39 is 0 Å². The zero-order valence-electron chi connectivity index (χ0n) is 60.0. The summed E-state index contributed by atoms with van der Waals surface area (Å²) in [4.78, 5) is 51.4. The van der Waals surface area contributed by atoms with Crippen LogP contribution in [0.25, 0.3) is 29.4 Å². The Hall–Kier alpha value is -8.90. The van der Waals surface area contributed by atoms with E-state index in [1.165, 1.54) is 119 Å². The molecule has 12 nitrogen and oxygen atoms in total. The van der Waals surface area contributed by atoms with Crippen molar-refractivity contribution in [3.8, 4) is 0 Å². The van der Waals surface area contributed by atoms with Crippen molar-refractivity contribution in [3.05, 3.63) is 243 Å². The monoisotopic (exact) mass is 1280 g/mol. The van der Waals surface area contributed by atoms with E-state index in [0.29, 0.717) is 47.3 Å². The molecule has 0 saturated heterocycles. The molecule has 1 atom stereocenters. The first-order chi connectivity index (χ1) is 46.2. The summed E-state index contributed by atoms with van der Waals surface area (Å²) in [6, 6.07) is 24.7. The SMILES string of the molecule is CC(C)C1=CCc2ncccc21.CC(C)C1=CCc2ncccc21.CC(C)C1=Cc2cccnc2C1.CC(C)C1=Cc2cccnc2C1.CC(C)C1=Cc2cncnc2C1.CC(C)C1=Nc2cccnc2C1.CC(C)C1=Nc2ncccc2C1.CC(C)C1CCc2ncncc21. The summed E-state index contributed by atoms with van der Waals surface area (Å²) in [6.45, 7) is 35.5. The Morgan fingerprint density at radius 2 is 0.802 bits per heavy atom. The lowest BCUT2D eigenvalue weighted by Gasteiger charge is -2.13. The summed E-state index contributed by atoms with van der Waals surface area (Å²) >= 11 is 0. The number of aromatic nitrogens is 10. The fraction of sp³-hybridized carbons (Fsp3) is 0.405. The fourth-order valence-electron chi connectivity index (χ4n) is 12.8. The van der Waals surface area contributed by atoms with E-state index in [0.717, 1.165) is 74.5 Å². The summed E-state index contributed by atoms with van der Waals surface area (Å²) in [5, 5.41) is 0. The van der Waals surface area contributed by atoms with Gasteiger partial charge in [-0.1, -0.05) is 188 Å². The summed E-state index contributed by atoms with van der Waals surface area (Å²) in [5.41, 5.74) is 28.6. The number of hydrogen-bond donors (Lipinski definition) is 0. The van der Waals surface area contributed by atoms with E-state index in [9.17, 15) is 0 Å². The molecule has 1 unspecified atom stereocenters. The Morgan fingerprint density at radius 1 is 0.365 bits per heavy atom. The average Bonchev–Trinajstić information content (AvgIpc) is 1.81. The van der Waals surface area contributed by atoms with Gasteiger partial charge in [-0.15, -0.1) is 0 Å². The highest BCUT2D eigenvalue weighted by Crippen LogP contribution is 2.37. The lowest BCUT2D eigenvalue weighted by Crippen LogP contribution is -2.06. The van der Waals surface area contributed by atoms with Crippen LogP contribution in [0.3, 0.4) is 0 Å². The zero-order chi connectivity index (χ0) is 68.4. The summed E-state index contributed by atoms with van der Waals surface area (Å²) in [7, 11) is 0. The maximum Gasteiger partial charge on any atom is 0.155 e. The van der Waals surface area contributed by atoms with E-state index >= 15 is 0 Å². The maximum absolute atomic E-state index is 4.51. The fourth-order valence-corrected chi connectivity index (χ4v) is 12.8. The molecule has 498 valence electrons. The molecule has 8 aromatic rings. The molecule has 0 bridgehead atoms. The van der Waals surface area contributed by atoms with Crippen molar-refractivity contribution in [1.82, 2.24) is 49.8 Å². The van der Waals surface area contributed by atoms with Gasteiger partial charge >= 0.3 is 0 Å². The van der Waals surface area contributed by atoms with Crippen LogP contribution in [0.2, 0.25) is 0 Å². The van der Waals surface area contributed by atoms with Crippen molar-refractivity contribution in [2.45, 2.75) is 174 Å². The molecule has 8 aliphatic rings. The Labute approximate surface area is 573 Å². The molecule has 2 aliphatic heterocycles. The highest BCUT2D eigenvalue weighted by atomic mass is 14.9. The van der Waals surface area contributed by atoms with Gasteiger partial charge in [0.05, 0.1) is 39.9 Å². The number of aliphatic imine (C=N–C) groups is 2. The van der Waals surface area contributed by atoms with Gasteiger partial charge in [-0.3, -0.25) is 29.9 Å². The van der Waals surface area contributed by atoms with Crippen molar-refractivity contribution in [3.63, 3.8) is 0 Å². The van der Waals surface area contributed by atoms with E-state index in [-0.39, 0.29) is 0 Å². The van der Waals surface area contributed by atoms with Gasteiger partial charge in [0, 0.05) is 123 Å². The standard InChI is InChI=1S/4C11H13N.C10H12N2.C10H14N2.2C10H12N2/c2*1-8(2)9-5-6-11-10(9)4-3-7-12-11;2*1-8(2)10-6-9-4-3-5-12-11(9)7-10;1-7(2)8-3-9-5-11-6-12-10(9)4-8;1-7(2)8-3-4-10-9(8)5-11-6-12-10;1-7(2)9-6-10-8(12-9)4-3-5-11-10;1-7(2)9-6-8-4-3-5-11-10(8)12-9/h2*3-5,7-8H,6H2,1-2H3;2*3-6,8H,7H2,1-2H3;3,5-7H,4H2,1-2H3;5-8H,3-4H2,1-2H3;2*3-5,7H,6H2,1-2H3. The largest absolute Gasteiger partial charge is 0.260 e. The molecule has 0 saturated carbocycles. The summed E-state index contributed by atoms with van der Waals surface area (Å²) in [5.74, 6) is 6.58. The molecule has 0 fully saturated rings. The zero-order valence-corrected chi connectivity index (χ0v) is 60.0. The molecule has 0 spiro atoms. The van der Waals surface area contributed by atoms with Crippen LogP contribution in [-0.4, -0.2) is 61.3 Å². The van der Waals surface area contributed by atoms with Crippen molar-refractivity contribution >= 4 is 52.3 Å². The molecule has 6 aliphatic carbocycles. The second kappa shape index (κ2) is 34.2. The van der Waals surface area contributed by atoms with Crippen molar-refractivity contribution in [2.75, 3.05) is 0 Å². The van der Waals surface area contributed by atoms with Gasteiger partial charge in [0.2, 0.25) is 0 Å². The number of aryl methyl sites for hydroxylation is 1. The van der Waals surface area contributed by atoms with Crippen LogP contribution in [0.1, 0.15) is 202 Å². The third-order valence-electron chi connectivity index (χ3n) is 18.7. The normalized spacial score (nSPS) is 15.6. The van der Waals surface area contributed by atoms with Gasteiger partial charge in [-0.05, 0) is 148 Å². The van der Waals surface area contributed by atoms with Crippen LogP contribution < -0.4 is 0 Å². The minimum absolute atomic E-state index is 0.541. The second-order valence-corrected chi connectivity index (χ2v) is 28.3. The Balaban J connectivity index is 0.000000129. The van der Waals surface area contributed by atoms with Crippen LogP contribution in [-0.2, 0) is 51.4 Å². The number of rotatable bonds is 8. The molecular formula is C84H102N12. The molecule has 0 amide bonds. The van der Waals surface area contributed by atoms with Gasteiger partial charge in [-0.2, -0.15) is 0 Å². The predicted octanol–water partition coefficient (Wildman–Crippen LogP) is 19.7. The van der Waals surface area contributed by atoms with Gasteiger partial charge < -0.3 is 0 Å². The molecule has 0 N–H and O–H groups in total. The van der Waals surface area contributed by atoms with Crippen LogP contribution in [0.15, 0.2) is 174 Å². The smallest absolute Gasteiger partial charge is 0.155 e. The van der Waals surface area contributed by atoms with E-state index in [1.807, 2.05) is 85.8 Å². The third-order valence-corrected chi connectivity index (χ3v) is 18.7. The van der Waals surface area contributed by atoms with Crippen molar-refractivity contribution in [1.29, 1.82) is 0 Å². The lowest BCUT2D eigenvalue weighted by atomic mass is 9.92. The van der Waals surface area contributed by atoms with Crippen LogP contribution in [0.5, 0.6) is 0 Å². The topological polar surface area (TPSA) is 154 Å². The second-order valence-electron chi connectivity index (χ2n) is 28.3. The predicted molar refractivity (Wildman–Crippen MR) is 399 cm³/mol. The third kappa shape index (κ3) is 19.0. The summed E-state index contributed by atoms with van der Waals surface area (Å²) in [6.07, 6.45) is 39.1. The number of nitrogens with zero attached hydrogens (tertiary/aromatic N) is 12. The quantitative estimate of drug-likeness (QED) is 0.144. The molecule has 0 radical (unpaired) electrons. The van der Waals surface area contributed by atoms with Gasteiger partial charge in [-0.25, -0.2) is 29.9 Å². The molecule has 0 aromatic carbocycles. The highest BCUT2D eigenvalue weighted by Gasteiger charge is 2.26. The summed E-state index contributed by atoms with van der Waals surface area (Å²) < 4.78 is 0. The van der Waals surface area contributed by atoms with Gasteiger partial charge in [0.25, 0.3) is 0 Å². The van der Waals surface area contributed by atoms with E-state index in [1.54, 1.807) is 18.9 Å². The molecule has 12 heteroatoms. The molecule has 96 heavy (non-hydrogen) atoms. The molecule has 16 rings (SSSR count). The number of fused-ring (bicyclic) bond motifs is 8.